The number of hydrogen-bond acceptors (Lipinski definition) is 2. The van der Waals surface area contributed by atoms with Gasteiger partial charge in [0.15, 0.2) is 0 Å². The first kappa shape index (κ1) is 17.8. The molecule has 0 aromatic heterocycles. The lowest BCUT2D eigenvalue weighted by molar-refractivity contribution is 0.0974. The third-order valence-electron chi connectivity index (χ3n) is 4.99. The van der Waals surface area contributed by atoms with Crippen molar-refractivity contribution >= 4 is 33.2 Å². The predicted octanol–water partition coefficient (Wildman–Crippen LogP) is 6.04. The van der Waals surface area contributed by atoms with Crippen molar-refractivity contribution in [2.75, 3.05) is 10.2 Å². The van der Waals surface area contributed by atoms with Gasteiger partial charge >= 0.3 is 0 Å². The Kier molecular flexibility index (Phi) is 4.99. The smallest absolute Gasteiger partial charge is 0.258 e. The van der Waals surface area contributed by atoms with E-state index < -0.39 is 0 Å². The molecule has 2 atom stereocenters. The van der Waals surface area contributed by atoms with Crippen molar-refractivity contribution in [2.45, 2.75) is 25.4 Å². The second-order valence-electron chi connectivity index (χ2n) is 6.89. The highest BCUT2D eigenvalue weighted by Gasteiger charge is 2.34. The van der Waals surface area contributed by atoms with E-state index in [0.717, 1.165) is 27.8 Å². The van der Waals surface area contributed by atoms with Gasteiger partial charge in [-0.1, -0.05) is 58.4 Å². The zero-order valence-corrected chi connectivity index (χ0v) is 16.7. The Morgan fingerprint density at radius 1 is 1.00 bits per heavy atom. The third-order valence-corrected chi connectivity index (χ3v) is 5.49. The van der Waals surface area contributed by atoms with Gasteiger partial charge in [-0.2, -0.15) is 0 Å². The summed E-state index contributed by atoms with van der Waals surface area (Å²) in [6.45, 7) is 2.12. The Bertz CT molecular complexity index is 957. The summed E-state index contributed by atoms with van der Waals surface area (Å²) in [5.41, 5.74) is 3.93. The zero-order valence-electron chi connectivity index (χ0n) is 15.1. The van der Waals surface area contributed by atoms with E-state index >= 15 is 0 Å². The molecule has 3 nitrogen and oxygen atoms in total. The Morgan fingerprint density at radius 2 is 1.74 bits per heavy atom. The van der Waals surface area contributed by atoms with Gasteiger partial charge in [0.2, 0.25) is 0 Å². The highest BCUT2D eigenvalue weighted by molar-refractivity contribution is 9.10. The van der Waals surface area contributed by atoms with Gasteiger partial charge in [0.05, 0.1) is 6.04 Å². The van der Waals surface area contributed by atoms with Gasteiger partial charge in [0.25, 0.3) is 5.91 Å². The third kappa shape index (κ3) is 3.62. The number of rotatable bonds is 3. The lowest BCUT2D eigenvalue weighted by Crippen LogP contribution is -2.44. The van der Waals surface area contributed by atoms with Gasteiger partial charge in [-0.05, 0) is 55.3 Å². The fourth-order valence-electron chi connectivity index (χ4n) is 3.75. The predicted molar refractivity (Wildman–Crippen MR) is 114 cm³/mol. The van der Waals surface area contributed by atoms with Gasteiger partial charge in [0.1, 0.15) is 0 Å². The van der Waals surface area contributed by atoms with Crippen LogP contribution >= 0.6 is 15.9 Å². The van der Waals surface area contributed by atoms with Crippen molar-refractivity contribution in [2.24, 2.45) is 0 Å². The Balaban J connectivity index is 1.70. The minimum atomic E-state index is 0.0365. The number of carbonyl (C=O) groups excluding carboxylic acids is 1. The first-order valence-electron chi connectivity index (χ1n) is 9.13. The molecule has 0 saturated heterocycles. The van der Waals surface area contributed by atoms with Crippen molar-refractivity contribution in [1.82, 2.24) is 0 Å². The van der Waals surface area contributed by atoms with Crippen molar-refractivity contribution < 1.29 is 4.79 Å². The topological polar surface area (TPSA) is 32.3 Å². The summed E-state index contributed by atoms with van der Waals surface area (Å²) in [6, 6.07) is 26.3. The zero-order chi connectivity index (χ0) is 18.8. The van der Waals surface area contributed by atoms with Gasteiger partial charge < -0.3 is 10.2 Å². The number of benzene rings is 3. The van der Waals surface area contributed by atoms with Gasteiger partial charge in [0, 0.05) is 27.5 Å². The van der Waals surface area contributed by atoms with Crippen LogP contribution in [0, 0.1) is 0 Å². The van der Waals surface area contributed by atoms with E-state index in [1.807, 2.05) is 65.6 Å². The highest BCUT2D eigenvalue weighted by atomic mass is 79.9. The van der Waals surface area contributed by atoms with Crippen LogP contribution in [0.5, 0.6) is 0 Å². The largest absolute Gasteiger partial charge is 0.378 e. The molecular weight excluding hydrogens is 400 g/mol. The van der Waals surface area contributed by atoms with E-state index in [1.165, 1.54) is 0 Å². The van der Waals surface area contributed by atoms with Crippen LogP contribution in [0.3, 0.4) is 0 Å². The summed E-state index contributed by atoms with van der Waals surface area (Å²) in [6.07, 6.45) is 0.853. The quantitative estimate of drug-likeness (QED) is 0.559. The van der Waals surface area contributed by atoms with Crippen molar-refractivity contribution in [3.63, 3.8) is 0 Å². The van der Waals surface area contributed by atoms with E-state index in [0.29, 0.717) is 5.56 Å². The first-order valence-corrected chi connectivity index (χ1v) is 9.92. The lowest BCUT2D eigenvalue weighted by atomic mass is 9.90. The maximum absolute atomic E-state index is 13.3. The SMILES string of the molecule is C[C@H]1C[C@H](Nc2ccccc2)c2ccccc2N1C(=O)c1cccc(Br)c1. The molecule has 3 aromatic rings. The summed E-state index contributed by atoms with van der Waals surface area (Å²) < 4.78 is 0.912. The molecular formula is C23H21BrN2O. The highest BCUT2D eigenvalue weighted by Crippen LogP contribution is 2.39. The summed E-state index contributed by atoms with van der Waals surface area (Å²) in [7, 11) is 0. The van der Waals surface area contributed by atoms with E-state index in [2.05, 4.69) is 46.4 Å². The number of carbonyl (C=O) groups is 1. The van der Waals surface area contributed by atoms with Crippen LogP contribution < -0.4 is 10.2 Å². The van der Waals surface area contributed by atoms with E-state index in [4.69, 9.17) is 0 Å². The lowest BCUT2D eigenvalue weighted by Gasteiger charge is -2.40. The van der Waals surface area contributed by atoms with Gasteiger partial charge in [-0.3, -0.25) is 4.79 Å². The molecule has 27 heavy (non-hydrogen) atoms. The number of nitrogens with zero attached hydrogens (tertiary/aromatic N) is 1. The average Bonchev–Trinajstić information content (AvgIpc) is 2.68. The molecule has 0 bridgehead atoms. The summed E-state index contributed by atoms with van der Waals surface area (Å²) in [5.74, 6) is 0.0365. The van der Waals surface area contributed by atoms with Crippen molar-refractivity contribution in [3.05, 3.63) is 94.5 Å². The number of nitrogens with one attached hydrogen (secondary N) is 1. The number of para-hydroxylation sites is 2. The molecule has 4 rings (SSSR count). The Morgan fingerprint density at radius 3 is 2.52 bits per heavy atom. The van der Waals surface area contributed by atoms with Gasteiger partial charge in [-0.15, -0.1) is 0 Å². The second-order valence-corrected chi connectivity index (χ2v) is 7.81. The summed E-state index contributed by atoms with van der Waals surface area (Å²) >= 11 is 3.47. The van der Waals surface area contributed by atoms with Crippen LogP contribution in [0.15, 0.2) is 83.3 Å². The van der Waals surface area contributed by atoms with E-state index in [1.54, 1.807) is 0 Å². The summed E-state index contributed by atoms with van der Waals surface area (Å²) in [4.78, 5) is 15.2. The fourth-order valence-corrected chi connectivity index (χ4v) is 4.15. The fraction of sp³-hybridized carbons (Fsp3) is 0.174. The van der Waals surface area contributed by atoms with E-state index in [-0.39, 0.29) is 18.0 Å². The van der Waals surface area contributed by atoms with E-state index in [9.17, 15) is 4.79 Å². The average molecular weight is 421 g/mol. The molecule has 1 heterocycles. The molecule has 0 spiro atoms. The molecule has 136 valence electrons. The molecule has 3 aromatic carbocycles. The number of hydrogen-bond donors (Lipinski definition) is 1. The molecule has 0 fully saturated rings. The number of fused-ring (bicyclic) bond motifs is 1. The summed E-state index contributed by atoms with van der Waals surface area (Å²) in [5, 5.41) is 3.63. The molecule has 1 amide bonds. The van der Waals surface area contributed by atoms with Crippen LogP contribution in [-0.4, -0.2) is 11.9 Å². The molecule has 0 saturated carbocycles. The number of halogens is 1. The first-order chi connectivity index (χ1) is 13.1. The Labute approximate surface area is 168 Å². The monoisotopic (exact) mass is 420 g/mol. The van der Waals surface area contributed by atoms with Crippen molar-refractivity contribution in [1.29, 1.82) is 0 Å². The molecule has 1 N–H and O–H groups in total. The number of amides is 1. The Hall–Kier alpha value is -2.59. The van der Waals surface area contributed by atoms with Crippen LogP contribution in [0.4, 0.5) is 11.4 Å². The molecule has 1 aliphatic heterocycles. The molecule has 0 radical (unpaired) electrons. The minimum Gasteiger partial charge on any atom is -0.378 e. The van der Waals surface area contributed by atoms with Crippen LogP contribution in [-0.2, 0) is 0 Å². The van der Waals surface area contributed by atoms with Crippen LogP contribution in [0.1, 0.15) is 35.3 Å². The molecule has 0 unspecified atom stereocenters. The van der Waals surface area contributed by atoms with Gasteiger partial charge in [-0.25, -0.2) is 0 Å². The maximum atomic E-state index is 13.3. The van der Waals surface area contributed by atoms with Crippen molar-refractivity contribution in [3.8, 4) is 0 Å². The number of anilines is 2. The standard InChI is InChI=1S/C23H21BrN2O/c1-16-14-21(25-19-10-3-2-4-11-19)20-12-5-6-13-22(20)26(16)23(27)17-8-7-9-18(24)15-17/h2-13,15-16,21,25H,14H2,1H3/t16-,21-/m0/s1. The minimum absolute atomic E-state index is 0.0365. The molecule has 4 heteroatoms. The van der Waals surface area contributed by atoms with Crippen LogP contribution in [0.2, 0.25) is 0 Å². The van der Waals surface area contributed by atoms with Crippen LogP contribution in [0.25, 0.3) is 0 Å². The normalized spacial score (nSPS) is 18.7. The maximum Gasteiger partial charge on any atom is 0.258 e. The molecule has 1 aliphatic rings. The second kappa shape index (κ2) is 7.57. The molecule has 0 aliphatic carbocycles.